The summed E-state index contributed by atoms with van der Waals surface area (Å²) in [6.45, 7) is 6.84. The number of fused-ring (bicyclic) bond motifs is 5. The molecule has 2 aromatic rings. The number of aldehydes is 1. The molecule has 188 valence electrons. The van der Waals surface area contributed by atoms with E-state index >= 15 is 0 Å². The van der Waals surface area contributed by atoms with E-state index in [4.69, 9.17) is 4.74 Å². The maximum absolute atomic E-state index is 12.8. The fraction of sp³-hybridized carbons (Fsp3) is 0.516. The smallest absolute Gasteiger partial charge is 0.338 e. The van der Waals surface area contributed by atoms with Crippen LogP contribution in [-0.2, 0) is 9.53 Å². The van der Waals surface area contributed by atoms with E-state index in [1.807, 2.05) is 48.1 Å². The molecule has 5 nitrogen and oxygen atoms in total. The Morgan fingerprint density at radius 1 is 1.08 bits per heavy atom. The molecule has 6 rings (SSSR count). The van der Waals surface area contributed by atoms with E-state index in [9.17, 15) is 9.59 Å². The van der Waals surface area contributed by atoms with Crippen molar-refractivity contribution in [2.45, 2.75) is 71.8 Å². The van der Waals surface area contributed by atoms with Crippen LogP contribution in [-0.4, -0.2) is 28.1 Å². The molecule has 0 amide bonds. The lowest BCUT2D eigenvalue weighted by molar-refractivity contribution is -0.105. The van der Waals surface area contributed by atoms with Gasteiger partial charge in [-0.15, -0.1) is 0 Å². The first-order valence-corrected chi connectivity index (χ1v) is 13.5. The minimum atomic E-state index is -0.212. The van der Waals surface area contributed by atoms with Crippen LogP contribution in [0.4, 0.5) is 0 Å². The number of rotatable bonds is 4. The number of hydrogen-bond acceptors (Lipinski definition) is 4. The molecular formula is C31H36N2O3. The third kappa shape index (κ3) is 3.54. The Morgan fingerprint density at radius 2 is 1.86 bits per heavy atom. The number of aryl methyl sites for hydroxylation is 1. The Morgan fingerprint density at radius 3 is 2.58 bits per heavy atom. The largest absolute Gasteiger partial charge is 0.458 e. The topological polar surface area (TPSA) is 61.2 Å². The first-order chi connectivity index (χ1) is 17.3. The summed E-state index contributed by atoms with van der Waals surface area (Å²) in [4.78, 5) is 24.9. The van der Waals surface area contributed by atoms with Crippen LogP contribution in [0.3, 0.4) is 0 Å². The lowest BCUT2D eigenvalue weighted by Gasteiger charge is -2.57. The predicted octanol–water partition coefficient (Wildman–Crippen LogP) is 6.40. The average molecular weight is 485 g/mol. The van der Waals surface area contributed by atoms with Gasteiger partial charge in [0.1, 0.15) is 12.4 Å². The minimum absolute atomic E-state index is 0.0219. The van der Waals surface area contributed by atoms with Gasteiger partial charge in [0.2, 0.25) is 0 Å². The summed E-state index contributed by atoms with van der Waals surface area (Å²) < 4.78 is 7.93. The molecule has 1 heterocycles. The van der Waals surface area contributed by atoms with Crippen LogP contribution in [0.15, 0.2) is 59.9 Å². The molecule has 0 bridgehead atoms. The molecule has 0 spiro atoms. The van der Waals surface area contributed by atoms with Crippen molar-refractivity contribution in [1.29, 1.82) is 0 Å². The van der Waals surface area contributed by atoms with E-state index in [1.54, 1.807) is 6.20 Å². The van der Waals surface area contributed by atoms with Crippen LogP contribution >= 0.6 is 0 Å². The van der Waals surface area contributed by atoms with E-state index in [1.165, 1.54) is 5.57 Å². The number of nitrogens with zero attached hydrogens (tertiary/aromatic N) is 2. The maximum atomic E-state index is 12.8. The summed E-state index contributed by atoms with van der Waals surface area (Å²) in [7, 11) is 0. The molecule has 0 unspecified atom stereocenters. The molecule has 36 heavy (non-hydrogen) atoms. The van der Waals surface area contributed by atoms with Gasteiger partial charge in [0.15, 0.2) is 0 Å². The zero-order chi connectivity index (χ0) is 25.1. The summed E-state index contributed by atoms with van der Waals surface area (Å²) in [5.41, 5.74) is 5.43. The molecule has 0 aliphatic heterocycles. The van der Waals surface area contributed by atoms with Crippen molar-refractivity contribution in [2.75, 3.05) is 0 Å². The molecule has 2 saturated carbocycles. The van der Waals surface area contributed by atoms with E-state index in [0.29, 0.717) is 23.3 Å². The summed E-state index contributed by atoms with van der Waals surface area (Å²) >= 11 is 0. The van der Waals surface area contributed by atoms with E-state index in [2.05, 4.69) is 25.0 Å². The first-order valence-electron chi connectivity index (χ1n) is 13.5. The molecule has 5 heteroatoms. The summed E-state index contributed by atoms with van der Waals surface area (Å²) in [6.07, 6.45) is 14.2. The van der Waals surface area contributed by atoms with Gasteiger partial charge in [0, 0.05) is 29.8 Å². The van der Waals surface area contributed by atoms with Crippen LogP contribution in [0.2, 0.25) is 0 Å². The van der Waals surface area contributed by atoms with Crippen molar-refractivity contribution < 1.29 is 14.3 Å². The highest BCUT2D eigenvalue weighted by atomic mass is 16.5. The highest BCUT2D eigenvalue weighted by molar-refractivity contribution is 5.89. The average Bonchev–Trinajstić information content (AvgIpc) is 3.49. The number of allylic oxidation sites excluding steroid dienone is 3. The maximum Gasteiger partial charge on any atom is 0.338 e. The SMILES string of the molecule is Cc1ccc(C(=O)O[C@H]2CC[C@@]3(C)C(=CC[C@@H]4[C@@H]3CC[C@]3(C)C(n5cccn5)=C(C=O)C[C@@H]43)C2)cc1. The lowest BCUT2D eigenvalue weighted by Crippen LogP contribution is -2.50. The van der Waals surface area contributed by atoms with Gasteiger partial charge >= 0.3 is 5.97 Å². The molecular weight excluding hydrogens is 448 g/mol. The third-order valence-corrected chi connectivity index (χ3v) is 10.2. The molecule has 6 atom stereocenters. The third-order valence-electron chi connectivity index (χ3n) is 10.2. The van der Waals surface area contributed by atoms with Crippen molar-refractivity contribution in [3.8, 4) is 0 Å². The number of benzene rings is 1. The van der Waals surface area contributed by atoms with E-state index in [-0.39, 0.29) is 22.9 Å². The van der Waals surface area contributed by atoms with Crippen LogP contribution in [0.25, 0.3) is 5.70 Å². The highest BCUT2D eigenvalue weighted by Gasteiger charge is 2.58. The van der Waals surface area contributed by atoms with Gasteiger partial charge < -0.3 is 4.74 Å². The van der Waals surface area contributed by atoms with Gasteiger partial charge in [-0.2, -0.15) is 5.10 Å². The minimum Gasteiger partial charge on any atom is -0.458 e. The van der Waals surface area contributed by atoms with Crippen molar-refractivity contribution in [1.82, 2.24) is 9.78 Å². The standard InChI is InChI=1S/C31H36N2O3/c1-20-5-7-21(8-6-20)29(35)36-24-11-13-30(2)23(18-24)9-10-25-26(30)12-14-31(3)27(25)17-22(19-34)28(31)33-16-4-15-32-33/h4-9,15-16,19,24-27H,10-14,17-18H2,1-3H3/t24-,25+,26-,27-,30-,31-/m0/s1. The van der Waals surface area contributed by atoms with Crippen molar-refractivity contribution in [3.63, 3.8) is 0 Å². The van der Waals surface area contributed by atoms with Crippen LogP contribution in [0.5, 0.6) is 0 Å². The second kappa shape index (κ2) is 8.57. The molecule has 2 fully saturated rings. The second-order valence-corrected chi connectivity index (χ2v) is 12.0. The summed E-state index contributed by atoms with van der Waals surface area (Å²) in [5.74, 6) is 1.42. The number of carbonyl (C=O) groups is 2. The van der Waals surface area contributed by atoms with Crippen molar-refractivity contribution in [3.05, 3.63) is 71.1 Å². The Balaban J connectivity index is 1.22. The molecule has 4 aliphatic rings. The van der Waals surface area contributed by atoms with E-state index in [0.717, 1.165) is 68.1 Å². The van der Waals surface area contributed by atoms with Gasteiger partial charge in [0.25, 0.3) is 0 Å². The zero-order valence-electron chi connectivity index (χ0n) is 21.6. The Hall–Kier alpha value is -2.95. The summed E-state index contributed by atoms with van der Waals surface area (Å²) in [5, 5.41) is 4.52. The monoisotopic (exact) mass is 484 g/mol. The van der Waals surface area contributed by atoms with Gasteiger partial charge in [-0.05, 0) is 86.8 Å². The van der Waals surface area contributed by atoms with E-state index < -0.39 is 0 Å². The van der Waals surface area contributed by atoms with Crippen LogP contribution in [0, 0.1) is 35.5 Å². The van der Waals surface area contributed by atoms with Gasteiger partial charge in [0.05, 0.1) is 11.3 Å². The number of carbonyl (C=O) groups excluding carboxylic acids is 2. The van der Waals surface area contributed by atoms with Gasteiger partial charge in [-0.25, -0.2) is 9.48 Å². The highest BCUT2D eigenvalue weighted by Crippen LogP contribution is 2.66. The number of aromatic nitrogens is 2. The number of hydrogen-bond donors (Lipinski definition) is 0. The number of esters is 1. The fourth-order valence-corrected chi connectivity index (χ4v) is 8.24. The molecule has 4 aliphatic carbocycles. The summed E-state index contributed by atoms with van der Waals surface area (Å²) in [6, 6.07) is 9.57. The second-order valence-electron chi connectivity index (χ2n) is 12.0. The zero-order valence-corrected chi connectivity index (χ0v) is 21.6. The Kier molecular flexibility index (Phi) is 5.58. The predicted molar refractivity (Wildman–Crippen MR) is 139 cm³/mol. The Bertz CT molecular complexity index is 1240. The van der Waals surface area contributed by atoms with Crippen LogP contribution < -0.4 is 0 Å². The van der Waals surface area contributed by atoms with Crippen LogP contribution in [0.1, 0.15) is 74.7 Å². The molecule has 1 aromatic carbocycles. The lowest BCUT2D eigenvalue weighted by atomic mass is 9.48. The first kappa shape index (κ1) is 23.4. The normalized spacial score (nSPS) is 35.4. The molecule has 1 aromatic heterocycles. The van der Waals surface area contributed by atoms with Crippen molar-refractivity contribution >= 4 is 18.0 Å². The molecule has 0 saturated heterocycles. The van der Waals surface area contributed by atoms with Crippen molar-refractivity contribution in [2.24, 2.45) is 28.6 Å². The Labute approximate surface area is 213 Å². The van der Waals surface area contributed by atoms with Gasteiger partial charge in [-0.3, -0.25) is 4.79 Å². The molecule has 0 N–H and O–H groups in total. The fourth-order valence-electron chi connectivity index (χ4n) is 8.24. The number of ether oxygens (including phenoxy) is 1. The van der Waals surface area contributed by atoms with Gasteiger partial charge in [-0.1, -0.05) is 43.2 Å². The molecule has 0 radical (unpaired) electrons. The quantitative estimate of drug-likeness (QED) is 0.286.